The minimum atomic E-state index is 0. The van der Waals surface area contributed by atoms with Gasteiger partial charge in [0, 0.05) is 40.6 Å². The van der Waals surface area contributed by atoms with E-state index < -0.39 is 0 Å². The maximum absolute atomic E-state index is 5.78. The fourth-order valence-corrected chi connectivity index (χ4v) is 1.76. The summed E-state index contributed by atoms with van der Waals surface area (Å²) >= 11 is 0. The van der Waals surface area contributed by atoms with Crippen molar-refractivity contribution in [3.05, 3.63) is 13.3 Å². The van der Waals surface area contributed by atoms with Crippen molar-refractivity contribution in [2.24, 2.45) is 11.3 Å². The average molecular weight is 223 g/mol. The van der Waals surface area contributed by atoms with Gasteiger partial charge >= 0.3 is 0 Å². The molecule has 0 bridgehead atoms. The second-order valence-electron chi connectivity index (χ2n) is 3.57. The fraction of sp³-hybridized carbons (Fsp3) is 0.778. The van der Waals surface area contributed by atoms with Crippen molar-refractivity contribution in [1.29, 1.82) is 0 Å². The van der Waals surface area contributed by atoms with E-state index in [0.717, 1.165) is 12.8 Å². The third-order valence-electron chi connectivity index (χ3n) is 2.85. The number of rotatable bonds is 1. The van der Waals surface area contributed by atoms with Gasteiger partial charge < -0.3 is 13.3 Å². The Morgan fingerprint density at radius 1 is 1.73 bits per heavy atom. The Balaban J connectivity index is 0.000001000. The van der Waals surface area contributed by atoms with Crippen molar-refractivity contribution < 1.29 is 32.7 Å². The van der Waals surface area contributed by atoms with Crippen molar-refractivity contribution in [2.45, 2.75) is 32.5 Å². The van der Waals surface area contributed by atoms with Crippen LogP contribution < -0.4 is 0 Å². The van der Waals surface area contributed by atoms with Crippen molar-refractivity contribution >= 4 is 7.85 Å². The maximum atomic E-state index is 5.78. The molecule has 0 heterocycles. The van der Waals surface area contributed by atoms with Crippen LogP contribution in [0.2, 0.25) is 5.82 Å². The molecule has 0 unspecified atom stereocenters. The molecular formula is C9H15BY-2. The second kappa shape index (κ2) is 4.42. The van der Waals surface area contributed by atoms with Gasteiger partial charge in [0.2, 0.25) is 0 Å². The summed E-state index contributed by atoms with van der Waals surface area (Å²) in [5, 5.41) is 0. The molecule has 11 heavy (non-hydrogen) atoms. The maximum Gasteiger partial charge on any atom is 0.0313 e. The molecular weight excluding hydrogens is 208 g/mol. The van der Waals surface area contributed by atoms with Gasteiger partial charge in [0.1, 0.15) is 0 Å². The molecule has 0 aliphatic heterocycles. The van der Waals surface area contributed by atoms with E-state index in [0.29, 0.717) is 5.92 Å². The predicted octanol–water partition coefficient (Wildman–Crippen LogP) is 2.42. The molecule has 0 N–H and O–H groups in total. The monoisotopic (exact) mass is 223 g/mol. The first-order chi connectivity index (χ1) is 4.58. The molecule has 0 nitrogen and oxygen atoms in total. The SMILES string of the molecule is [B][C@H]1[CH-][C@@H](C)[C@@]([CH2-])(CC)C1.[Y]. The minimum absolute atomic E-state index is 0. The van der Waals surface area contributed by atoms with E-state index in [-0.39, 0.29) is 43.9 Å². The Bertz CT molecular complexity index is 127. The van der Waals surface area contributed by atoms with Crippen LogP contribution in [0.25, 0.3) is 0 Å². The van der Waals surface area contributed by atoms with Crippen LogP contribution in [0.4, 0.5) is 0 Å². The van der Waals surface area contributed by atoms with E-state index in [9.17, 15) is 0 Å². The smallest absolute Gasteiger partial charge is 0.0313 e. The van der Waals surface area contributed by atoms with Gasteiger partial charge in [-0.2, -0.15) is 11.3 Å². The second-order valence-corrected chi connectivity index (χ2v) is 3.57. The van der Waals surface area contributed by atoms with E-state index in [4.69, 9.17) is 7.85 Å². The Morgan fingerprint density at radius 3 is 2.45 bits per heavy atom. The summed E-state index contributed by atoms with van der Waals surface area (Å²) in [7, 11) is 5.78. The Morgan fingerprint density at radius 2 is 2.27 bits per heavy atom. The van der Waals surface area contributed by atoms with Crippen LogP contribution in [0, 0.1) is 24.7 Å². The normalized spacial score (nSPS) is 43.5. The average Bonchev–Trinajstić information content (AvgIpc) is 2.09. The van der Waals surface area contributed by atoms with Crippen LogP contribution in [0.3, 0.4) is 0 Å². The summed E-state index contributed by atoms with van der Waals surface area (Å²) in [6.45, 7) is 8.61. The van der Waals surface area contributed by atoms with Gasteiger partial charge in [0.05, 0.1) is 0 Å². The molecule has 59 valence electrons. The minimum Gasteiger partial charge on any atom is -0.340 e. The van der Waals surface area contributed by atoms with Crippen molar-refractivity contribution in [3.63, 3.8) is 0 Å². The number of hydrogen-bond donors (Lipinski definition) is 0. The van der Waals surface area contributed by atoms with Gasteiger partial charge in [-0.3, -0.25) is 0 Å². The van der Waals surface area contributed by atoms with E-state index in [1.807, 2.05) is 0 Å². The summed E-state index contributed by atoms with van der Waals surface area (Å²) in [5.74, 6) is 0.875. The van der Waals surface area contributed by atoms with E-state index >= 15 is 0 Å². The molecule has 0 aromatic rings. The van der Waals surface area contributed by atoms with Crippen molar-refractivity contribution in [2.75, 3.05) is 0 Å². The third kappa shape index (κ3) is 2.56. The Kier molecular flexibility index (Phi) is 4.89. The predicted molar refractivity (Wildman–Crippen MR) is 45.7 cm³/mol. The van der Waals surface area contributed by atoms with Crippen molar-refractivity contribution in [3.8, 4) is 0 Å². The molecule has 1 aliphatic rings. The molecule has 0 spiro atoms. The molecule has 2 heteroatoms. The zero-order valence-electron chi connectivity index (χ0n) is 7.51. The van der Waals surface area contributed by atoms with Crippen LogP contribution in [0.1, 0.15) is 26.7 Å². The van der Waals surface area contributed by atoms with Gasteiger partial charge in [0.25, 0.3) is 0 Å². The standard InChI is InChI=1S/C9H15B.Y/c1-4-9(3)6-8(10)5-7(9)2;/h5,7-8H,3-4,6H2,1-2H3;/q-2;/t7-,8+,9+;/m1./s1. The molecule has 0 aromatic carbocycles. The summed E-state index contributed by atoms with van der Waals surface area (Å²) in [4.78, 5) is 0. The summed E-state index contributed by atoms with van der Waals surface area (Å²) in [6.07, 6.45) is 4.42. The van der Waals surface area contributed by atoms with Gasteiger partial charge in [-0.25, -0.2) is 5.82 Å². The first-order valence-corrected chi connectivity index (χ1v) is 4.04. The molecule has 0 aromatic heterocycles. The van der Waals surface area contributed by atoms with Crippen LogP contribution >= 0.6 is 0 Å². The molecule has 1 rings (SSSR count). The van der Waals surface area contributed by atoms with Crippen LogP contribution in [-0.2, 0) is 32.7 Å². The molecule has 0 saturated heterocycles. The zero-order chi connectivity index (χ0) is 7.78. The van der Waals surface area contributed by atoms with Crippen LogP contribution in [0.5, 0.6) is 0 Å². The van der Waals surface area contributed by atoms with E-state index in [1.54, 1.807) is 0 Å². The topological polar surface area (TPSA) is 0 Å². The third-order valence-corrected chi connectivity index (χ3v) is 2.85. The molecule has 1 fully saturated rings. The van der Waals surface area contributed by atoms with Gasteiger partial charge in [-0.05, 0) is 0 Å². The van der Waals surface area contributed by atoms with Gasteiger partial charge in [-0.1, -0.05) is 20.3 Å². The largest absolute Gasteiger partial charge is 0.340 e. The van der Waals surface area contributed by atoms with E-state index in [1.165, 1.54) is 0 Å². The quantitative estimate of drug-likeness (QED) is 0.473. The van der Waals surface area contributed by atoms with Gasteiger partial charge in [-0.15, -0.1) is 6.42 Å². The summed E-state index contributed by atoms with van der Waals surface area (Å²) in [5.41, 5.74) is 0.236. The number of hydrogen-bond acceptors (Lipinski definition) is 0. The molecule has 1 saturated carbocycles. The summed E-state index contributed by atoms with van der Waals surface area (Å²) in [6, 6.07) is 0. The van der Waals surface area contributed by atoms with E-state index in [2.05, 4.69) is 27.2 Å². The van der Waals surface area contributed by atoms with Crippen LogP contribution in [-0.4, -0.2) is 7.85 Å². The van der Waals surface area contributed by atoms with Crippen molar-refractivity contribution in [1.82, 2.24) is 0 Å². The molecule has 3 atom stereocenters. The summed E-state index contributed by atoms with van der Waals surface area (Å²) < 4.78 is 0. The van der Waals surface area contributed by atoms with Crippen LogP contribution in [0.15, 0.2) is 0 Å². The Labute approximate surface area is 97.2 Å². The molecule has 1 aliphatic carbocycles. The molecule has 0 amide bonds. The van der Waals surface area contributed by atoms with Gasteiger partial charge in [0.15, 0.2) is 0 Å². The fourth-order valence-electron chi connectivity index (χ4n) is 1.76. The first kappa shape index (κ1) is 12.2. The Hall–Kier alpha value is 1.17. The zero-order valence-corrected chi connectivity index (χ0v) is 10.3. The first-order valence-electron chi connectivity index (χ1n) is 4.04. The molecule has 3 radical (unpaired) electrons.